The lowest BCUT2D eigenvalue weighted by Crippen LogP contribution is -2.30. The molecule has 0 atom stereocenters. The van der Waals surface area contributed by atoms with Crippen molar-refractivity contribution in [1.29, 1.82) is 0 Å². The Morgan fingerprint density at radius 1 is 1.50 bits per heavy atom. The molecule has 0 radical (unpaired) electrons. The van der Waals surface area contributed by atoms with Crippen LogP contribution in [0.15, 0.2) is 41.8 Å². The fraction of sp³-hybridized carbons (Fsp3) is 0.111. The van der Waals surface area contributed by atoms with Crippen LogP contribution in [0.5, 0.6) is 0 Å². The van der Waals surface area contributed by atoms with Crippen LogP contribution >= 0.6 is 12.6 Å². The minimum atomic E-state index is 0.623. The first-order valence-electron chi connectivity index (χ1n) is 3.67. The summed E-state index contributed by atoms with van der Waals surface area (Å²) in [6.45, 7) is 4.23. The highest BCUT2D eigenvalue weighted by molar-refractivity contribution is 7.80. The lowest BCUT2D eigenvalue weighted by molar-refractivity contribution is 0.926. The molecule has 0 aromatic heterocycles. The van der Waals surface area contributed by atoms with E-state index in [1.165, 1.54) is 0 Å². The van der Waals surface area contributed by atoms with Gasteiger partial charge < -0.3 is 5.01 Å². The van der Waals surface area contributed by atoms with Crippen molar-refractivity contribution in [1.82, 2.24) is 0 Å². The zero-order valence-electron chi connectivity index (χ0n) is 6.77. The average molecular weight is 180 g/mol. The Labute approximate surface area is 78.1 Å². The number of nitrogens with two attached hydrogens (primary N) is 1. The van der Waals surface area contributed by atoms with Crippen molar-refractivity contribution >= 4 is 18.3 Å². The maximum Gasteiger partial charge on any atom is 0.0654 e. The summed E-state index contributed by atoms with van der Waals surface area (Å²) >= 11 is 4.27. The van der Waals surface area contributed by atoms with Gasteiger partial charge in [-0.15, -0.1) is 19.2 Å². The van der Waals surface area contributed by atoms with Crippen LogP contribution in [0.25, 0.3) is 0 Å². The molecule has 0 amide bonds. The summed E-state index contributed by atoms with van der Waals surface area (Å²) in [6, 6.07) is 7.68. The van der Waals surface area contributed by atoms with Crippen LogP contribution in [0, 0.1) is 0 Å². The third-order valence-electron chi connectivity index (χ3n) is 1.52. The summed E-state index contributed by atoms with van der Waals surface area (Å²) in [4.78, 5) is 0.877. The number of rotatable bonds is 3. The second-order valence-corrected chi connectivity index (χ2v) is 2.91. The normalized spacial score (nSPS) is 9.50. The van der Waals surface area contributed by atoms with Crippen LogP contribution in [-0.4, -0.2) is 6.54 Å². The first-order chi connectivity index (χ1) is 5.75. The lowest BCUT2D eigenvalue weighted by atomic mass is 10.3. The van der Waals surface area contributed by atoms with E-state index < -0.39 is 0 Å². The molecule has 12 heavy (non-hydrogen) atoms. The molecule has 0 unspecified atom stereocenters. The van der Waals surface area contributed by atoms with Crippen LogP contribution in [0.1, 0.15) is 0 Å². The fourth-order valence-corrected chi connectivity index (χ4v) is 1.23. The number of anilines is 1. The van der Waals surface area contributed by atoms with Gasteiger partial charge in [-0.1, -0.05) is 18.2 Å². The van der Waals surface area contributed by atoms with Gasteiger partial charge in [-0.2, -0.15) is 0 Å². The van der Waals surface area contributed by atoms with E-state index >= 15 is 0 Å². The monoisotopic (exact) mass is 180 g/mol. The SMILES string of the molecule is C=CCN(N)c1ccccc1S. The zero-order chi connectivity index (χ0) is 8.97. The standard InChI is InChI=1S/C9H12N2S/c1-2-7-11(10)8-5-3-4-6-9(8)12/h2-6,12H,1,7,10H2. The van der Waals surface area contributed by atoms with E-state index in [0.29, 0.717) is 6.54 Å². The summed E-state index contributed by atoms with van der Waals surface area (Å²) in [5, 5.41) is 1.61. The summed E-state index contributed by atoms with van der Waals surface area (Å²) in [5.41, 5.74) is 0.917. The molecular weight excluding hydrogens is 168 g/mol. The molecule has 0 aliphatic rings. The molecule has 64 valence electrons. The first kappa shape index (κ1) is 9.16. The van der Waals surface area contributed by atoms with Gasteiger partial charge in [0.2, 0.25) is 0 Å². The third-order valence-corrected chi connectivity index (χ3v) is 1.90. The Kier molecular flexibility index (Phi) is 3.19. The van der Waals surface area contributed by atoms with Crippen molar-refractivity contribution in [2.24, 2.45) is 5.84 Å². The molecule has 0 aliphatic heterocycles. The number of benzene rings is 1. The first-order valence-corrected chi connectivity index (χ1v) is 4.11. The van der Waals surface area contributed by atoms with Gasteiger partial charge in [0.05, 0.1) is 12.2 Å². The molecule has 0 spiro atoms. The van der Waals surface area contributed by atoms with E-state index in [0.717, 1.165) is 10.6 Å². The quantitative estimate of drug-likeness (QED) is 0.322. The van der Waals surface area contributed by atoms with Gasteiger partial charge in [0.1, 0.15) is 0 Å². The molecule has 3 heteroatoms. The minimum Gasteiger partial charge on any atom is -0.306 e. The fourth-order valence-electron chi connectivity index (χ4n) is 0.944. The van der Waals surface area contributed by atoms with Crippen molar-refractivity contribution in [3.63, 3.8) is 0 Å². The molecule has 2 nitrogen and oxygen atoms in total. The summed E-state index contributed by atoms with van der Waals surface area (Å²) in [5.74, 6) is 5.72. The molecule has 1 rings (SSSR count). The summed E-state index contributed by atoms with van der Waals surface area (Å²) in [7, 11) is 0. The Morgan fingerprint density at radius 3 is 2.75 bits per heavy atom. The smallest absolute Gasteiger partial charge is 0.0654 e. The second kappa shape index (κ2) is 4.18. The van der Waals surface area contributed by atoms with Crippen LogP contribution < -0.4 is 10.9 Å². The summed E-state index contributed by atoms with van der Waals surface area (Å²) in [6.07, 6.45) is 1.75. The topological polar surface area (TPSA) is 29.3 Å². The third kappa shape index (κ3) is 2.03. The van der Waals surface area contributed by atoms with Crippen LogP contribution in [0.3, 0.4) is 0 Å². The van der Waals surface area contributed by atoms with E-state index in [-0.39, 0.29) is 0 Å². The number of hydrogen-bond donors (Lipinski definition) is 2. The molecule has 1 aromatic rings. The Hall–Kier alpha value is -0.930. The molecular formula is C9H12N2S. The predicted octanol–water partition coefficient (Wildman–Crippen LogP) is 1.84. The van der Waals surface area contributed by atoms with Gasteiger partial charge in [-0.25, -0.2) is 5.84 Å². The maximum absolute atomic E-state index is 5.72. The Morgan fingerprint density at radius 2 is 2.17 bits per heavy atom. The van der Waals surface area contributed by atoms with E-state index in [4.69, 9.17) is 5.84 Å². The highest BCUT2D eigenvalue weighted by Crippen LogP contribution is 2.20. The summed E-state index contributed by atoms with van der Waals surface area (Å²) < 4.78 is 0. The Balaban J connectivity index is 2.86. The van der Waals surface area contributed by atoms with Gasteiger partial charge in [-0.05, 0) is 12.1 Å². The second-order valence-electron chi connectivity index (χ2n) is 2.43. The highest BCUT2D eigenvalue weighted by atomic mass is 32.1. The molecule has 2 N–H and O–H groups in total. The van der Waals surface area contributed by atoms with E-state index in [9.17, 15) is 0 Å². The van der Waals surface area contributed by atoms with Crippen LogP contribution in [0.4, 0.5) is 5.69 Å². The number of para-hydroxylation sites is 1. The van der Waals surface area contributed by atoms with Crippen LogP contribution in [0.2, 0.25) is 0 Å². The van der Waals surface area contributed by atoms with Crippen molar-refractivity contribution in [2.75, 3.05) is 11.6 Å². The molecule has 0 aliphatic carbocycles. The van der Waals surface area contributed by atoms with Gasteiger partial charge in [-0.3, -0.25) is 0 Å². The predicted molar refractivity (Wildman–Crippen MR) is 55.4 cm³/mol. The average Bonchev–Trinajstić information content (AvgIpc) is 2.05. The lowest BCUT2D eigenvalue weighted by Gasteiger charge is -2.17. The van der Waals surface area contributed by atoms with Crippen molar-refractivity contribution < 1.29 is 0 Å². The van der Waals surface area contributed by atoms with Crippen molar-refractivity contribution in [2.45, 2.75) is 4.90 Å². The molecule has 0 saturated heterocycles. The number of hydrazine groups is 1. The number of thiol groups is 1. The minimum absolute atomic E-state index is 0.623. The van der Waals surface area contributed by atoms with Gasteiger partial charge in [0, 0.05) is 4.90 Å². The largest absolute Gasteiger partial charge is 0.306 e. The van der Waals surface area contributed by atoms with Crippen molar-refractivity contribution in [3.8, 4) is 0 Å². The van der Waals surface area contributed by atoms with Crippen molar-refractivity contribution in [3.05, 3.63) is 36.9 Å². The molecule has 0 heterocycles. The molecule has 0 bridgehead atoms. The van der Waals surface area contributed by atoms with E-state index in [2.05, 4.69) is 19.2 Å². The van der Waals surface area contributed by atoms with Gasteiger partial charge >= 0.3 is 0 Å². The Bertz CT molecular complexity index is 273. The van der Waals surface area contributed by atoms with E-state index in [1.807, 2.05) is 24.3 Å². The number of nitrogens with zero attached hydrogens (tertiary/aromatic N) is 1. The van der Waals surface area contributed by atoms with E-state index in [1.54, 1.807) is 11.1 Å². The highest BCUT2D eigenvalue weighted by Gasteiger charge is 2.01. The molecule has 0 fully saturated rings. The molecule has 0 saturated carbocycles. The van der Waals surface area contributed by atoms with Gasteiger partial charge in [0.25, 0.3) is 0 Å². The zero-order valence-corrected chi connectivity index (χ0v) is 7.67. The van der Waals surface area contributed by atoms with Gasteiger partial charge in [0.15, 0.2) is 0 Å². The van der Waals surface area contributed by atoms with Crippen LogP contribution in [-0.2, 0) is 0 Å². The molecule has 1 aromatic carbocycles. The number of hydrogen-bond acceptors (Lipinski definition) is 3. The maximum atomic E-state index is 5.72.